The van der Waals surface area contributed by atoms with E-state index in [4.69, 9.17) is 0 Å². The molecule has 1 N–H and O–H groups in total. The number of nitrogens with one attached hydrogen (secondary N) is 1. The summed E-state index contributed by atoms with van der Waals surface area (Å²) in [5.41, 5.74) is 1.95. The summed E-state index contributed by atoms with van der Waals surface area (Å²) in [4.78, 5) is 12.6. The first kappa shape index (κ1) is 18.4. The molecule has 3 atom stereocenters. The second-order valence-corrected chi connectivity index (χ2v) is 9.78. The third-order valence-electron chi connectivity index (χ3n) is 7.53. The molecule has 0 spiro atoms. The Bertz CT molecular complexity index is 622. The summed E-state index contributed by atoms with van der Waals surface area (Å²) in [5, 5.41) is 3.39. The van der Waals surface area contributed by atoms with E-state index in [9.17, 15) is 4.79 Å². The first-order valence-electron chi connectivity index (χ1n) is 9.79. The molecule has 138 valence electrons. The molecule has 3 nitrogen and oxygen atoms in total. The predicted octanol–water partition coefficient (Wildman–Crippen LogP) is 3.98. The van der Waals surface area contributed by atoms with Crippen LogP contribution < -0.4 is 5.32 Å². The quantitative estimate of drug-likeness (QED) is 0.778. The lowest BCUT2D eigenvalue weighted by Crippen LogP contribution is -2.48. The Morgan fingerprint density at radius 2 is 1.88 bits per heavy atom. The standard InChI is InChI=1S/C22H34N2O/c1-21(2)18-11-13-22(21,3)19(15-18)23-20(25)12-14-24(4,5)16-17-9-7-6-8-10-17/h6-10,18-19H,11-16H2,1-5H3/p+1/t18-,19+,22-/m1/s1. The first-order valence-corrected chi connectivity index (χ1v) is 9.79. The topological polar surface area (TPSA) is 29.1 Å². The molecule has 1 amide bonds. The monoisotopic (exact) mass is 343 g/mol. The van der Waals surface area contributed by atoms with Crippen molar-refractivity contribution in [3.63, 3.8) is 0 Å². The molecule has 0 heterocycles. The molecule has 0 aliphatic heterocycles. The number of hydrogen-bond donors (Lipinski definition) is 1. The molecule has 2 aliphatic rings. The van der Waals surface area contributed by atoms with Gasteiger partial charge in [-0.05, 0) is 36.0 Å². The highest BCUT2D eigenvalue weighted by Crippen LogP contribution is 2.65. The summed E-state index contributed by atoms with van der Waals surface area (Å²) >= 11 is 0. The van der Waals surface area contributed by atoms with E-state index in [0.717, 1.165) is 29.9 Å². The highest BCUT2D eigenvalue weighted by molar-refractivity contribution is 5.76. The van der Waals surface area contributed by atoms with Gasteiger partial charge in [-0.15, -0.1) is 0 Å². The van der Waals surface area contributed by atoms with E-state index < -0.39 is 0 Å². The van der Waals surface area contributed by atoms with Crippen LogP contribution in [0.3, 0.4) is 0 Å². The molecule has 1 aromatic rings. The van der Waals surface area contributed by atoms with Crippen LogP contribution in [0.5, 0.6) is 0 Å². The highest BCUT2D eigenvalue weighted by Gasteiger charge is 2.61. The van der Waals surface area contributed by atoms with E-state index >= 15 is 0 Å². The van der Waals surface area contributed by atoms with Crippen molar-refractivity contribution in [1.29, 1.82) is 0 Å². The van der Waals surface area contributed by atoms with Crippen LogP contribution in [0, 0.1) is 16.7 Å². The first-order chi connectivity index (χ1) is 11.6. The van der Waals surface area contributed by atoms with Crippen LogP contribution in [0.4, 0.5) is 0 Å². The Balaban J connectivity index is 1.52. The van der Waals surface area contributed by atoms with Gasteiger partial charge in [-0.2, -0.15) is 0 Å². The molecule has 2 bridgehead atoms. The van der Waals surface area contributed by atoms with Crippen LogP contribution in [0.25, 0.3) is 0 Å². The van der Waals surface area contributed by atoms with E-state index in [0.29, 0.717) is 17.9 Å². The summed E-state index contributed by atoms with van der Waals surface area (Å²) < 4.78 is 0.841. The fourth-order valence-electron chi connectivity index (χ4n) is 5.25. The molecular formula is C22H35N2O+. The number of quaternary nitrogens is 1. The van der Waals surface area contributed by atoms with E-state index in [2.05, 4.69) is 64.4 Å². The van der Waals surface area contributed by atoms with Crippen molar-refractivity contribution in [2.45, 2.75) is 59.0 Å². The van der Waals surface area contributed by atoms with Gasteiger partial charge in [0, 0.05) is 11.6 Å². The van der Waals surface area contributed by atoms with Gasteiger partial charge in [-0.3, -0.25) is 4.79 Å². The lowest BCUT2D eigenvalue weighted by atomic mass is 9.69. The Labute approximate surface area is 153 Å². The van der Waals surface area contributed by atoms with E-state index in [1.54, 1.807) is 0 Å². The van der Waals surface area contributed by atoms with Crippen molar-refractivity contribution in [3.8, 4) is 0 Å². The zero-order valence-electron chi connectivity index (χ0n) is 16.6. The number of amides is 1. The fourth-order valence-corrected chi connectivity index (χ4v) is 5.25. The molecule has 2 aliphatic carbocycles. The maximum Gasteiger partial charge on any atom is 0.225 e. The Hall–Kier alpha value is -1.35. The summed E-state index contributed by atoms with van der Waals surface area (Å²) in [7, 11) is 4.42. The van der Waals surface area contributed by atoms with Crippen molar-refractivity contribution in [2.75, 3.05) is 20.6 Å². The minimum Gasteiger partial charge on any atom is -0.353 e. The summed E-state index contributed by atoms with van der Waals surface area (Å²) in [6, 6.07) is 10.9. The summed E-state index contributed by atoms with van der Waals surface area (Å²) in [6.07, 6.45) is 4.36. The van der Waals surface area contributed by atoms with Gasteiger partial charge in [0.1, 0.15) is 6.54 Å². The number of benzene rings is 1. The molecule has 0 unspecified atom stereocenters. The molecule has 2 fully saturated rings. The van der Waals surface area contributed by atoms with E-state index in [1.165, 1.54) is 18.4 Å². The Morgan fingerprint density at radius 3 is 2.44 bits per heavy atom. The molecule has 3 rings (SSSR count). The third-order valence-corrected chi connectivity index (χ3v) is 7.53. The van der Waals surface area contributed by atoms with Crippen LogP contribution in [-0.2, 0) is 11.3 Å². The Kier molecular flexibility index (Phi) is 4.74. The van der Waals surface area contributed by atoms with Crippen LogP contribution in [-0.4, -0.2) is 37.1 Å². The second kappa shape index (κ2) is 6.42. The second-order valence-electron chi connectivity index (χ2n) is 9.78. The van der Waals surface area contributed by atoms with Gasteiger partial charge in [0.25, 0.3) is 0 Å². The number of hydrogen-bond acceptors (Lipinski definition) is 1. The highest BCUT2D eigenvalue weighted by atomic mass is 16.1. The van der Waals surface area contributed by atoms with Crippen molar-refractivity contribution in [1.82, 2.24) is 5.32 Å². The zero-order valence-corrected chi connectivity index (χ0v) is 16.6. The molecule has 2 saturated carbocycles. The lowest BCUT2D eigenvalue weighted by Gasteiger charge is -2.39. The van der Waals surface area contributed by atoms with Gasteiger partial charge < -0.3 is 9.80 Å². The number of nitrogens with zero attached hydrogens (tertiary/aromatic N) is 1. The van der Waals surface area contributed by atoms with Gasteiger partial charge in [0.15, 0.2) is 0 Å². The Morgan fingerprint density at radius 1 is 1.20 bits per heavy atom. The van der Waals surface area contributed by atoms with Crippen molar-refractivity contribution in [2.24, 2.45) is 16.7 Å². The normalized spacial score (nSPS) is 30.4. The van der Waals surface area contributed by atoms with Crippen molar-refractivity contribution >= 4 is 5.91 Å². The number of rotatable bonds is 6. The zero-order chi connectivity index (χ0) is 18.3. The number of carbonyl (C=O) groups is 1. The summed E-state index contributed by atoms with van der Waals surface area (Å²) in [5.74, 6) is 1.00. The van der Waals surface area contributed by atoms with Gasteiger partial charge in [0.05, 0.1) is 27.1 Å². The lowest BCUT2D eigenvalue weighted by molar-refractivity contribution is -0.903. The fraction of sp³-hybridized carbons (Fsp3) is 0.682. The molecule has 3 heteroatoms. The molecule has 1 aromatic carbocycles. The van der Waals surface area contributed by atoms with E-state index in [1.807, 2.05) is 6.07 Å². The maximum absolute atomic E-state index is 12.6. The molecule has 0 saturated heterocycles. The van der Waals surface area contributed by atoms with Gasteiger partial charge in [-0.25, -0.2) is 0 Å². The number of fused-ring (bicyclic) bond motifs is 2. The number of carbonyl (C=O) groups excluding carboxylic acids is 1. The summed E-state index contributed by atoms with van der Waals surface area (Å²) in [6.45, 7) is 9.02. The molecule has 25 heavy (non-hydrogen) atoms. The minimum absolute atomic E-state index is 0.230. The molecular weight excluding hydrogens is 308 g/mol. The largest absolute Gasteiger partial charge is 0.353 e. The van der Waals surface area contributed by atoms with Crippen LogP contribution in [0.2, 0.25) is 0 Å². The van der Waals surface area contributed by atoms with Crippen LogP contribution in [0.15, 0.2) is 30.3 Å². The average Bonchev–Trinajstić information content (AvgIpc) is 2.87. The van der Waals surface area contributed by atoms with Crippen LogP contribution >= 0.6 is 0 Å². The average molecular weight is 344 g/mol. The smallest absolute Gasteiger partial charge is 0.225 e. The van der Waals surface area contributed by atoms with Gasteiger partial charge in [0.2, 0.25) is 5.91 Å². The van der Waals surface area contributed by atoms with Crippen molar-refractivity contribution < 1.29 is 9.28 Å². The van der Waals surface area contributed by atoms with Crippen molar-refractivity contribution in [3.05, 3.63) is 35.9 Å². The molecule has 0 radical (unpaired) electrons. The minimum atomic E-state index is 0.230. The molecule has 0 aromatic heterocycles. The van der Waals surface area contributed by atoms with Crippen LogP contribution in [0.1, 0.15) is 52.0 Å². The predicted molar refractivity (Wildman–Crippen MR) is 103 cm³/mol. The maximum atomic E-state index is 12.6. The third kappa shape index (κ3) is 3.48. The van der Waals surface area contributed by atoms with Gasteiger partial charge in [-0.1, -0.05) is 51.1 Å². The van der Waals surface area contributed by atoms with E-state index in [-0.39, 0.29) is 11.3 Å². The SMILES string of the molecule is CC1(C)[C@@H]2CC[C@]1(C)[C@@H](NC(=O)CC[N+](C)(C)Cc1ccccc1)C2. The van der Waals surface area contributed by atoms with Gasteiger partial charge >= 0.3 is 0 Å².